The average molecular weight is 991 g/mol. The monoisotopic (exact) mass is 990 g/mol. The molecule has 3 fully saturated rings. The molecule has 6 amide bonds. The molecule has 9 rings (SSSR count). The van der Waals surface area contributed by atoms with Gasteiger partial charge in [0.2, 0.25) is 0 Å². The van der Waals surface area contributed by atoms with Crippen molar-refractivity contribution < 1.29 is 47.7 Å². The number of fused-ring (bicyclic) bond motifs is 3. The molecule has 0 aliphatic carbocycles. The molecule has 3 N–H and O–H groups in total. The molecule has 3 saturated heterocycles. The summed E-state index contributed by atoms with van der Waals surface area (Å²) in [5, 5.41) is 30.3. The van der Waals surface area contributed by atoms with Crippen LogP contribution in [0.15, 0.2) is 83.8 Å². The highest BCUT2D eigenvalue weighted by Crippen LogP contribution is 2.35. The maximum atomic E-state index is 12.5. The number of piperidine rings is 1. The number of rotatable bonds is 6. The summed E-state index contributed by atoms with van der Waals surface area (Å²) in [7, 11) is 5.09. The molecule has 6 aromatic rings. The number of hydrogen-bond acceptors (Lipinski definition) is 16. The number of ether oxygens (including phenoxy) is 1. The van der Waals surface area contributed by atoms with Gasteiger partial charge in [0.25, 0.3) is 0 Å². The molecule has 0 spiro atoms. The molecule has 0 radical (unpaired) electrons. The van der Waals surface area contributed by atoms with Crippen LogP contribution < -0.4 is 31.6 Å². The molecule has 0 saturated carbocycles. The molecule has 360 valence electrons. The SMILES string of the molecule is C=C(O)c1cc2sc(N(C)C(=O)N3CCCC3)cc2oc1=O.C=C(O)c1cc2sc(N(C)C(=O)N3CCCCC3)cc2oc1=O.C=C(O)c1cc2sc(N(C)C(=O)N3CCOCC3)cc2oc1=O. The molecule has 3 aliphatic heterocycles. The van der Waals surface area contributed by atoms with Crippen LogP contribution >= 0.6 is 34.0 Å². The fraction of sp³-hybridized carbons (Fsp3) is 0.348. The van der Waals surface area contributed by atoms with E-state index < -0.39 is 16.9 Å². The van der Waals surface area contributed by atoms with Gasteiger partial charge in [-0.1, -0.05) is 19.7 Å². The Kier molecular flexibility index (Phi) is 15.1. The number of aliphatic hydroxyl groups is 3. The maximum Gasteiger partial charge on any atom is 0.347 e. The third kappa shape index (κ3) is 10.8. The van der Waals surface area contributed by atoms with Gasteiger partial charge in [-0.3, -0.25) is 14.7 Å². The fourth-order valence-electron chi connectivity index (χ4n) is 7.47. The first kappa shape index (κ1) is 49.0. The zero-order chi connectivity index (χ0) is 49.0. The number of anilines is 3. The first-order valence-electron chi connectivity index (χ1n) is 21.4. The third-order valence-electron chi connectivity index (χ3n) is 11.3. The summed E-state index contributed by atoms with van der Waals surface area (Å²) < 4.78 is 22.8. The topological polar surface area (TPSA) is 231 Å². The Balaban J connectivity index is 0.000000151. The Morgan fingerprint density at radius 1 is 0.485 bits per heavy atom. The highest BCUT2D eigenvalue weighted by atomic mass is 32.1. The van der Waals surface area contributed by atoms with Crippen molar-refractivity contribution in [2.24, 2.45) is 0 Å². The van der Waals surface area contributed by atoms with Gasteiger partial charge in [0.05, 0.1) is 27.3 Å². The van der Waals surface area contributed by atoms with Gasteiger partial charge in [0.15, 0.2) is 16.7 Å². The van der Waals surface area contributed by atoms with Crippen molar-refractivity contribution >= 4 is 115 Å². The van der Waals surface area contributed by atoms with E-state index in [1.54, 1.807) is 54.0 Å². The second-order valence-electron chi connectivity index (χ2n) is 16.0. The fourth-order valence-corrected chi connectivity index (χ4v) is 10.4. The van der Waals surface area contributed by atoms with Gasteiger partial charge in [0, 0.05) is 78.6 Å². The van der Waals surface area contributed by atoms with Gasteiger partial charge >= 0.3 is 35.0 Å². The van der Waals surface area contributed by atoms with Gasteiger partial charge < -0.3 is 48.0 Å². The smallest absolute Gasteiger partial charge is 0.347 e. The first-order chi connectivity index (χ1) is 32.4. The number of thiophene rings is 3. The Labute approximate surface area is 400 Å². The van der Waals surface area contributed by atoms with Crippen molar-refractivity contribution in [3.8, 4) is 0 Å². The average Bonchev–Trinajstić information content (AvgIpc) is 4.17. The molecule has 0 atom stereocenters. The lowest BCUT2D eigenvalue weighted by Gasteiger charge is -2.30. The Morgan fingerprint density at radius 3 is 1.06 bits per heavy atom. The number of amides is 6. The van der Waals surface area contributed by atoms with Crippen LogP contribution in [0.1, 0.15) is 48.8 Å². The van der Waals surface area contributed by atoms with Crippen molar-refractivity contribution in [1.82, 2.24) is 14.7 Å². The molecule has 0 bridgehead atoms. The van der Waals surface area contributed by atoms with Crippen molar-refractivity contribution in [3.05, 3.63) is 104 Å². The van der Waals surface area contributed by atoms with E-state index in [2.05, 4.69) is 19.7 Å². The summed E-state index contributed by atoms with van der Waals surface area (Å²) in [6, 6.07) is 9.33. The lowest BCUT2D eigenvalue weighted by molar-refractivity contribution is 0.0551. The molecule has 68 heavy (non-hydrogen) atoms. The lowest BCUT2D eigenvalue weighted by atomic mass is 10.1. The standard InChI is InChI=1S/C16H18N2O4S.C15H16N2O5S.C15H16N2O4S/c1-10(19)11-8-13-12(22-15(11)20)9-14(23-13)17(2)16(21)18-6-4-3-5-7-18;1-9(18)10-7-12-11(22-14(10)19)8-13(23-12)16(2)15(20)17-3-5-21-6-4-17;1-9(18)10-7-12-11(21-14(10)19)8-13(22-12)16(2)15(20)17-5-3-4-6-17/h8-9,19H,1,3-7H2,2H3;7-8,18H,1,3-6H2,2H3;7-8,18H,1,3-6H2,2H3. The van der Waals surface area contributed by atoms with E-state index in [1.165, 1.54) is 57.1 Å². The molecule has 22 heteroatoms. The van der Waals surface area contributed by atoms with Crippen LogP contribution in [0.25, 0.3) is 48.1 Å². The number of morpholine rings is 1. The highest BCUT2D eigenvalue weighted by Gasteiger charge is 2.26. The highest BCUT2D eigenvalue weighted by molar-refractivity contribution is 7.23. The summed E-state index contributed by atoms with van der Waals surface area (Å²) in [5.41, 5.74) is -0.664. The van der Waals surface area contributed by atoms with Crippen LogP contribution in [-0.2, 0) is 4.74 Å². The van der Waals surface area contributed by atoms with Crippen LogP contribution in [0.4, 0.5) is 29.4 Å². The molecule has 3 aliphatic rings. The molecular formula is C46H50N6O13S3. The number of aliphatic hydroxyl groups excluding tert-OH is 3. The van der Waals surface area contributed by atoms with Crippen LogP contribution in [0.5, 0.6) is 0 Å². The molecule has 6 aromatic heterocycles. The minimum Gasteiger partial charge on any atom is -0.508 e. The number of urea groups is 3. The van der Waals surface area contributed by atoms with Crippen LogP contribution in [0.2, 0.25) is 0 Å². The lowest BCUT2D eigenvalue weighted by Crippen LogP contribution is -2.46. The van der Waals surface area contributed by atoms with E-state index in [-0.39, 0.29) is 52.1 Å². The van der Waals surface area contributed by atoms with Crippen LogP contribution in [0, 0.1) is 0 Å². The predicted molar refractivity (Wildman–Crippen MR) is 266 cm³/mol. The Hall–Kier alpha value is -6.88. The Morgan fingerprint density at radius 2 is 0.765 bits per heavy atom. The van der Waals surface area contributed by atoms with E-state index in [1.807, 2.05) is 9.80 Å². The summed E-state index contributed by atoms with van der Waals surface area (Å²) in [6.45, 7) is 15.3. The quantitative estimate of drug-likeness (QED) is 0.133. The van der Waals surface area contributed by atoms with Crippen molar-refractivity contribution in [2.75, 3.05) is 88.3 Å². The van der Waals surface area contributed by atoms with E-state index in [0.29, 0.717) is 72.2 Å². The van der Waals surface area contributed by atoms with Gasteiger partial charge in [-0.25, -0.2) is 28.8 Å². The number of carbonyl (C=O) groups excluding carboxylic acids is 3. The summed E-state index contributed by atoms with van der Waals surface area (Å²) in [6.07, 6.45) is 5.28. The largest absolute Gasteiger partial charge is 0.508 e. The minimum atomic E-state index is -0.656. The second kappa shape index (κ2) is 21.0. The molecule has 0 aromatic carbocycles. The van der Waals surface area contributed by atoms with Gasteiger partial charge in [0.1, 0.15) is 49.0 Å². The van der Waals surface area contributed by atoms with Crippen LogP contribution in [0.3, 0.4) is 0 Å². The normalized spacial score (nSPS) is 14.8. The van der Waals surface area contributed by atoms with Gasteiger partial charge in [-0.05, 0) is 50.3 Å². The summed E-state index contributed by atoms with van der Waals surface area (Å²) >= 11 is 3.96. The van der Waals surface area contributed by atoms with Gasteiger partial charge in [-0.15, -0.1) is 34.0 Å². The maximum absolute atomic E-state index is 12.5. The minimum absolute atomic E-state index is 0.0214. The van der Waals surface area contributed by atoms with Gasteiger partial charge in [-0.2, -0.15) is 0 Å². The molecule has 0 unspecified atom stereocenters. The first-order valence-corrected chi connectivity index (χ1v) is 23.9. The molecule has 9 heterocycles. The number of carbonyl (C=O) groups is 3. The van der Waals surface area contributed by atoms with E-state index in [9.17, 15) is 44.1 Å². The van der Waals surface area contributed by atoms with E-state index in [0.717, 1.165) is 58.3 Å². The van der Waals surface area contributed by atoms with Crippen molar-refractivity contribution in [3.63, 3.8) is 0 Å². The Bertz CT molecular complexity index is 2950. The summed E-state index contributed by atoms with van der Waals surface area (Å²) in [4.78, 5) is 82.6. The van der Waals surface area contributed by atoms with Crippen LogP contribution in [-0.4, -0.2) is 122 Å². The van der Waals surface area contributed by atoms with Crippen molar-refractivity contribution in [1.29, 1.82) is 0 Å². The second-order valence-corrected chi connectivity index (χ2v) is 19.2. The third-order valence-corrected chi connectivity index (χ3v) is 14.7. The number of hydrogen-bond donors (Lipinski definition) is 3. The van der Waals surface area contributed by atoms with E-state index in [4.69, 9.17) is 18.0 Å². The van der Waals surface area contributed by atoms with E-state index >= 15 is 0 Å². The zero-order valence-corrected chi connectivity index (χ0v) is 40.1. The molecular weight excluding hydrogens is 941 g/mol. The zero-order valence-electron chi connectivity index (χ0n) is 37.6. The predicted octanol–water partition coefficient (Wildman–Crippen LogP) is 8.73. The molecule has 19 nitrogen and oxygen atoms in total. The number of nitrogens with zero attached hydrogens (tertiary/aromatic N) is 6. The number of likely N-dealkylation sites (tertiary alicyclic amines) is 2. The van der Waals surface area contributed by atoms with Crippen molar-refractivity contribution in [2.45, 2.75) is 32.1 Å². The summed E-state index contributed by atoms with van der Waals surface area (Å²) in [5.74, 6) is -0.992.